The molecular weight excluding hydrogens is 221 g/mol. The van der Waals surface area contributed by atoms with Crippen molar-refractivity contribution in [3.8, 4) is 11.4 Å². The van der Waals surface area contributed by atoms with Crippen LogP contribution in [0.5, 0.6) is 0 Å². The van der Waals surface area contributed by atoms with Crippen molar-refractivity contribution in [1.82, 2.24) is 10.1 Å². The first-order chi connectivity index (χ1) is 8.20. The largest absolute Gasteiger partial charge is 0.335 e. The van der Waals surface area contributed by atoms with Crippen LogP contribution < -0.4 is 5.32 Å². The molecule has 0 amide bonds. The molecule has 1 aromatic heterocycles. The summed E-state index contributed by atoms with van der Waals surface area (Å²) in [5.74, 6) is 0.122. The van der Waals surface area contributed by atoms with Gasteiger partial charge >= 0.3 is 6.01 Å². The molecule has 4 nitrogen and oxygen atoms in total. The van der Waals surface area contributed by atoms with Crippen molar-refractivity contribution >= 4 is 6.01 Å². The molecule has 0 aliphatic heterocycles. The molecule has 0 saturated heterocycles. The van der Waals surface area contributed by atoms with Gasteiger partial charge in [0.05, 0.1) is 0 Å². The molecule has 0 atom stereocenters. The van der Waals surface area contributed by atoms with E-state index < -0.39 is 0 Å². The summed E-state index contributed by atoms with van der Waals surface area (Å²) in [5.41, 5.74) is 1.47. The van der Waals surface area contributed by atoms with E-state index in [1.54, 1.807) is 0 Å². The van der Waals surface area contributed by atoms with Crippen molar-refractivity contribution in [1.29, 1.82) is 0 Å². The van der Waals surface area contributed by atoms with Crippen LogP contribution in [0, 0.1) is 12.7 Å². The number of nitrogens with one attached hydrogen (secondary N) is 1. The van der Waals surface area contributed by atoms with Crippen molar-refractivity contribution in [2.45, 2.75) is 25.8 Å². The molecule has 1 N–H and O–H groups in total. The lowest BCUT2D eigenvalue weighted by atomic mass is 10.1. The third-order valence-corrected chi connectivity index (χ3v) is 2.63. The summed E-state index contributed by atoms with van der Waals surface area (Å²) >= 11 is 0. The molecular formula is C12H12FN3O. The molecule has 1 saturated carbocycles. The van der Waals surface area contributed by atoms with Crippen molar-refractivity contribution in [2.24, 2.45) is 0 Å². The second-order valence-corrected chi connectivity index (χ2v) is 4.36. The maximum atomic E-state index is 13.2. The standard InChI is InChI=1S/C12H12FN3O/c1-7-4-8(6-9(13)5-7)11-15-12(17-16-11)14-10-2-3-10/h4-6,10H,2-3H2,1H3,(H,14,15,16). The van der Waals surface area contributed by atoms with Crippen LogP contribution in [0.25, 0.3) is 11.4 Å². The van der Waals surface area contributed by atoms with E-state index in [9.17, 15) is 4.39 Å². The molecule has 1 aliphatic carbocycles. The van der Waals surface area contributed by atoms with Gasteiger partial charge in [0.25, 0.3) is 0 Å². The zero-order chi connectivity index (χ0) is 11.8. The van der Waals surface area contributed by atoms with Gasteiger partial charge < -0.3 is 9.84 Å². The molecule has 17 heavy (non-hydrogen) atoms. The van der Waals surface area contributed by atoms with Gasteiger partial charge in [-0.15, -0.1) is 0 Å². The first kappa shape index (κ1) is 10.3. The average Bonchev–Trinajstić information content (AvgIpc) is 2.93. The highest BCUT2D eigenvalue weighted by Crippen LogP contribution is 2.25. The fourth-order valence-corrected chi connectivity index (χ4v) is 1.67. The second-order valence-electron chi connectivity index (χ2n) is 4.36. The van der Waals surface area contributed by atoms with Crippen molar-refractivity contribution in [3.05, 3.63) is 29.6 Å². The van der Waals surface area contributed by atoms with Gasteiger partial charge in [-0.05, 0) is 43.5 Å². The molecule has 0 radical (unpaired) electrons. The second kappa shape index (κ2) is 3.84. The summed E-state index contributed by atoms with van der Waals surface area (Å²) in [5, 5.41) is 6.94. The smallest absolute Gasteiger partial charge is 0.322 e. The number of anilines is 1. The van der Waals surface area contributed by atoms with Gasteiger partial charge in [0.15, 0.2) is 0 Å². The zero-order valence-corrected chi connectivity index (χ0v) is 9.40. The van der Waals surface area contributed by atoms with Crippen LogP contribution >= 0.6 is 0 Å². The first-order valence-electron chi connectivity index (χ1n) is 5.58. The van der Waals surface area contributed by atoms with Crippen molar-refractivity contribution in [3.63, 3.8) is 0 Å². The Kier molecular flexibility index (Phi) is 2.31. The predicted octanol–water partition coefficient (Wildman–Crippen LogP) is 2.76. The molecule has 1 fully saturated rings. The third kappa shape index (κ3) is 2.27. The highest BCUT2D eigenvalue weighted by molar-refractivity contribution is 5.56. The van der Waals surface area contributed by atoms with Gasteiger partial charge in [0, 0.05) is 11.6 Å². The number of benzene rings is 1. The highest BCUT2D eigenvalue weighted by Gasteiger charge is 2.23. The number of hydrogen-bond donors (Lipinski definition) is 1. The summed E-state index contributed by atoms with van der Waals surface area (Å²) in [6.07, 6.45) is 2.27. The Hall–Kier alpha value is -1.91. The highest BCUT2D eigenvalue weighted by atomic mass is 19.1. The van der Waals surface area contributed by atoms with E-state index in [4.69, 9.17) is 4.52 Å². The summed E-state index contributed by atoms with van der Waals surface area (Å²) in [6, 6.07) is 5.56. The Morgan fingerprint density at radius 2 is 2.18 bits per heavy atom. The summed E-state index contributed by atoms with van der Waals surface area (Å²) < 4.78 is 18.3. The van der Waals surface area contributed by atoms with E-state index in [1.165, 1.54) is 12.1 Å². The van der Waals surface area contributed by atoms with Crippen molar-refractivity contribution < 1.29 is 8.91 Å². The van der Waals surface area contributed by atoms with E-state index in [2.05, 4.69) is 15.5 Å². The SMILES string of the molecule is Cc1cc(F)cc(-c2noc(NC3CC3)n2)c1. The van der Waals surface area contributed by atoms with Crippen LogP contribution in [-0.4, -0.2) is 16.2 Å². The van der Waals surface area contributed by atoms with E-state index >= 15 is 0 Å². The molecule has 0 bridgehead atoms. The van der Waals surface area contributed by atoms with Crippen LogP contribution in [0.4, 0.5) is 10.4 Å². The van der Waals surface area contributed by atoms with Crippen LogP contribution in [0.3, 0.4) is 0 Å². The molecule has 2 aromatic rings. The Balaban J connectivity index is 1.88. The number of aryl methyl sites for hydroxylation is 1. The van der Waals surface area contributed by atoms with Gasteiger partial charge in [0.1, 0.15) is 5.82 Å². The Labute approximate surface area is 97.8 Å². The first-order valence-corrected chi connectivity index (χ1v) is 5.58. The normalized spacial score (nSPS) is 14.9. The fourth-order valence-electron chi connectivity index (χ4n) is 1.67. The topological polar surface area (TPSA) is 51.0 Å². The van der Waals surface area contributed by atoms with Crippen LogP contribution in [0.15, 0.2) is 22.7 Å². The van der Waals surface area contributed by atoms with Crippen LogP contribution in [-0.2, 0) is 0 Å². The number of halogens is 1. The van der Waals surface area contributed by atoms with Gasteiger partial charge in [-0.1, -0.05) is 5.16 Å². The van der Waals surface area contributed by atoms with E-state index in [1.807, 2.05) is 13.0 Å². The minimum absolute atomic E-state index is 0.290. The molecule has 3 rings (SSSR count). The molecule has 5 heteroatoms. The minimum Gasteiger partial charge on any atom is -0.335 e. The number of aromatic nitrogens is 2. The maximum Gasteiger partial charge on any atom is 0.322 e. The Morgan fingerprint density at radius 1 is 1.35 bits per heavy atom. The zero-order valence-electron chi connectivity index (χ0n) is 9.40. The summed E-state index contributed by atoms with van der Waals surface area (Å²) in [6.45, 7) is 1.83. The van der Waals surface area contributed by atoms with Gasteiger partial charge in [-0.3, -0.25) is 0 Å². The lowest BCUT2D eigenvalue weighted by Gasteiger charge is -1.97. The monoisotopic (exact) mass is 233 g/mol. The lowest BCUT2D eigenvalue weighted by Crippen LogP contribution is -2.00. The Morgan fingerprint density at radius 3 is 2.88 bits per heavy atom. The average molecular weight is 233 g/mol. The quantitative estimate of drug-likeness (QED) is 0.885. The Bertz CT molecular complexity index is 528. The van der Waals surface area contributed by atoms with Crippen LogP contribution in [0.2, 0.25) is 0 Å². The molecule has 0 unspecified atom stereocenters. The molecule has 1 aromatic carbocycles. The number of nitrogens with zero attached hydrogens (tertiary/aromatic N) is 2. The minimum atomic E-state index is -0.290. The van der Waals surface area contributed by atoms with E-state index in [0.29, 0.717) is 23.4 Å². The van der Waals surface area contributed by atoms with Gasteiger partial charge in [-0.2, -0.15) is 4.98 Å². The van der Waals surface area contributed by atoms with Crippen molar-refractivity contribution in [2.75, 3.05) is 5.32 Å². The summed E-state index contributed by atoms with van der Waals surface area (Å²) in [4.78, 5) is 4.19. The molecule has 1 aliphatic rings. The maximum absolute atomic E-state index is 13.2. The van der Waals surface area contributed by atoms with E-state index in [-0.39, 0.29) is 5.82 Å². The molecule has 1 heterocycles. The number of rotatable bonds is 3. The molecule has 0 spiro atoms. The van der Waals surface area contributed by atoms with E-state index in [0.717, 1.165) is 18.4 Å². The van der Waals surface area contributed by atoms with Gasteiger partial charge in [0.2, 0.25) is 5.82 Å². The van der Waals surface area contributed by atoms with Gasteiger partial charge in [-0.25, -0.2) is 4.39 Å². The summed E-state index contributed by atoms with van der Waals surface area (Å²) in [7, 11) is 0. The fraction of sp³-hybridized carbons (Fsp3) is 0.333. The van der Waals surface area contributed by atoms with Crippen LogP contribution in [0.1, 0.15) is 18.4 Å². The third-order valence-electron chi connectivity index (χ3n) is 2.63. The number of hydrogen-bond acceptors (Lipinski definition) is 4. The molecule has 88 valence electrons. The lowest BCUT2D eigenvalue weighted by molar-refractivity contribution is 0.432. The predicted molar refractivity (Wildman–Crippen MR) is 61.1 cm³/mol.